The van der Waals surface area contributed by atoms with Crippen LogP contribution in [0.1, 0.15) is 40.7 Å². The van der Waals surface area contributed by atoms with Crippen molar-refractivity contribution in [3.63, 3.8) is 0 Å². The first-order chi connectivity index (χ1) is 17.9. The Morgan fingerprint density at radius 3 is 2.55 bits per heavy atom. The topological polar surface area (TPSA) is 158 Å². The molecule has 4 aliphatic rings. The summed E-state index contributed by atoms with van der Waals surface area (Å²) in [6.45, 7) is 1.32. The molecule has 204 valence electrons. The van der Waals surface area contributed by atoms with Crippen molar-refractivity contribution >= 4 is 29.0 Å². The Morgan fingerprint density at radius 1 is 1.21 bits per heavy atom. The average Bonchev–Trinajstić information content (AvgIpc) is 2.83. The maximum absolute atomic E-state index is 14.0. The smallest absolute Gasteiger partial charge is 0.235 e. The number of nitrogens with zero attached hydrogens (tertiary/aromatic N) is 2. The molecule has 7 atom stereocenters. The number of rotatable bonds is 4. The molecule has 10 nitrogen and oxygen atoms in total. The maximum atomic E-state index is 14.0. The molecule has 1 aliphatic heterocycles. The number of aliphatic hydroxyl groups is 1. The summed E-state index contributed by atoms with van der Waals surface area (Å²) in [5.74, 6) is -10.7. The molecule has 1 aromatic carbocycles. The normalized spacial score (nSPS) is 35.6. The largest absolute Gasteiger partial charge is 0.507 e. The lowest BCUT2D eigenvalue weighted by atomic mass is 9.52. The third-order valence-electron chi connectivity index (χ3n) is 8.88. The van der Waals surface area contributed by atoms with Gasteiger partial charge in [-0.1, -0.05) is 6.07 Å². The van der Waals surface area contributed by atoms with Crippen molar-refractivity contribution in [1.82, 2.24) is 9.80 Å². The number of carbonyl (C=O) groups is 5. The summed E-state index contributed by atoms with van der Waals surface area (Å²) in [6.07, 6.45) is 0.461. The first-order valence-electron chi connectivity index (χ1n) is 12.9. The molecule has 1 aromatic rings. The molecule has 0 radical (unpaired) electrons. The van der Waals surface area contributed by atoms with Crippen LogP contribution in [0.4, 0.5) is 4.39 Å². The van der Waals surface area contributed by atoms with Gasteiger partial charge in [0.05, 0.1) is 17.5 Å². The number of hydrogen-bond donors (Lipinski definition) is 3. The number of likely N-dealkylation sites (tertiary alicyclic amines) is 1. The summed E-state index contributed by atoms with van der Waals surface area (Å²) in [5.41, 5.74) is 3.84. The number of amides is 1. The fourth-order valence-electron chi connectivity index (χ4n) is 7.20. The van der Waals surface area contributed by atoms with Crippen LogP contribution in [0.25, 0.3) is 0 Å². The van der Waals surface area contributed by atoms with Crippen LogP contribution in [0.3, 0.4) is 0 Å². The Kier molecular flexibility index (Phi) is 6.52. The van der Waals surface area contributed by atoms with E-state index in [1.54, 1.807) is 20.2 Å². The number of Topliss-reactive ketones (excluding diaryl/α,β-unsaturated/α-hetero) is 4. The van der Waals surface area contributed by atoms with Gasteiger partial charge in [0.2, 0.25) is 5.91 Å². The SMILES string of the molecule is CN(C)[C@@H]1C(=O)C(C(N)=O)C(=O)[C@@]2(O)C(=O)C3C(=O)c4c(O)ccc(CN5CCCC(F)C5)c4C[C@H]3C[C@@H]12. The van der Waals surface area contributed by atoms with E-state index in [9.17, 15) is 38.6 Å². The summed E-state index contributed by atoms with van der Waals surface area (Å²) in [4.78, 5) is 69.5. The number of primary amides is 1. The average molecular weight is 530 g/mol. The number of likely N-dealkylation sites (N-methyl/N-ethyl adjacent to an activating group) is 1. The van der Waals surface area contributed by atoms with Gasteiger partial charge >= 0.3 is 0 Å². The van der Waals surface area contributed by atoms with Crippen LogP contribution >= 0.6 is 0 Å². The highest BCUT2D eigenvalue weighted by molar-refractivity contribution is 6.32. The first-order valence-corrected chi connectivity index (χ1v) is 12.9. The Labute approximate surface area is 218 Å². The van der Waals surface area contributed by atoms with E-state index in [4.69, 9.17) is 5.73 Å². The number of halogens is 1. The second kappa shape index (κ2) is 9.32. The van der Waals surface area contributed by atoms with Crippen molar-refractivity contribution < 1.29 is 38.6 Å². The second-order valence-corrected chi connectivity index (χ2v) is 11.4. The minimum absolute atomic E-state index is 0.00470. The number of piperidine rings is 1. The van der Waals surface area contributed by atoms with Gasteiger partial charge in [0.15, 0.2) is 34.7 Å². The molecule has 0 aromatic heterocycles. The number of fused-ring (bicyclic) bond motifs is 3. The van der Waals surface area contributed by atoms with E-state index >= 15 is 0 Å². The molecule has 38 heavy (non-hydrogen) atoms. The Hall–Kier alpha value is -3.02. The van der Waals surface area contributed by atoms with Crippen LogP contribution in [0, 0.1) is 23.7 Å². The molecule has 2 saturated carbocycles. The predicted octanol–water partition coefficient (Wildman–Crippen LogP) is -0.199. The van der Waals surface area contributed by atoms with Gasteiger partial charge in [-0.05, 0) is 69.4 Å². The number of benzene rings is 1. The third kappa shape index (κ3) is 3.82. The van der Waals surface area contributed by atoms with Crippen molar-refractivity contribution in [2.75, 3.05) is 27.2 Å². The molecule has 3 aliphatic carbocycles. The third-order valence-corrected chi connectivity index (χ3v) is 8.88. The van der Waals surface area contributed by atoms with E-state index in [2.05, 4.69) is 0 Å². The number of hydrogen-bond acceptors (Lipinski definition) is 9. The predicted molar refractivity (Wildman–Crippen MR) is 131 cm³/mol. The molecule has 11 heteroatoms. The highest BCUT2D eigenvalue weighted by atomic mass is 19.1. The monoisotopic (exact) mass is 529 g/mol. The molecular weight excluding hydrogens is 497 g/mol. The van der Waals surface area contributed by atoms with Gasteiger partial charge in [-0.3, -0.25) is 33.8 Å². The molecule has 0 spiro atoms. The van der Waals surface area contributed by atoms with E-state index in [0.717, 1.165) is 5.56 Å². The van der Waals surface area contributed by atoms with Crippen molar-refractivity contribution in [2.24, 2.45) is 29.4 Å². The molecule has 1 saturated heterocycles. The van der Waals surface area contributed by atoms with Gasteiger partial charge in [0, 0.05) is 19.0 Å². The lowest BCUT2D eigenvalue weighted by molar-refractivity contribution is -0.181. The van der Waals surface area contributed by atoms with Gasteiger partial charge in [-0.25, -0.2) is 4.39 Å². The van der Waals surface area contributed by atoms with Crippen molar-refractivity contribution in [3.8, 4) is 5.75 Å². The van der Waals surface area contributed by atoms with Gasteiger partial charge in [-0.15, -0.1) is 0 Å². The Bertz CT molecular complexity index is 1250. The van der Waals surface area contributed by atoms with Gasteiger partial charge < -0.3 is 15.9 Å². The molecule has 3 fully saturated rings. The highest BCUT2D eigenvalue weighted by Crippen LogP contribution is 2.51. The Balaban J connectivity index is 1.56. The summed E-state index contributed by atoms with van der Waals surface area (Å²) < 4.78 is 14.0. The summed E-state index contributed by atoms with van der Waals surface area (Å²) in [6, 6.07) is 1.91. The zero-order valence-electron chi connectivity index (χ0n) is 21.4. The second-order valence-electron chi connectivity index (χ2n) is 11.4. The number of phenolic OH excluding ortho intramolecular Hbond substituents is 1. The number of alkyl halides is 1. The fourth-order valence-corrected chi connectivity index (χ4v) is 7.20. The van der Waals surface area contributed by atoms with Gasteiger partial charge in [0.1, 0.15) is 11.9 Å². The summed E-state index contributed by atoms with van der Waals surface area (Å²) in [7, 11) is 3.09. The van der Waals surface area contributed by atoms with Crippen LogP contribution in [-0.4, -0.2) is 94.1 Å². The Morgan fingerprint density at radius 2 is 1.92 bits per heavy atom. The maximum Gasteiger partial charge on any atom is 0.235 e. The van der Waals surface area contributed by atoms with Gasteiger partial charge in [-0.2, -0.15) is 0 Å². The van der Waals surface area contributed by atoms with Crippen LogP contribution in [-0.2, 0) is 32.1 Å². The van der Waals surface area contributed by atoms with E-state index in [1.807, 2.05) is 4.90 Å². The van der Waals surface area contributed by atoms with E-state index in [-0.39, 0.29) is 30.7 Å². The highest BCUT2D eigenvalue weighted by Gasteiger charge is 2.69. The minimum atomic E-state index is -2.74. The molecule has 3 unspecified atom stereocenters. The molecule has 5 rings (SSSR count). The van der Waals surface area contributed by atoms with Gasteiger partial charge in [0.25, 0.3) is 0 Å². The standard InChI is InChI=1S/C27H32FN3O7/c1-30(2)21-16-9-13-8-15-12(10-31-7-3-4-14(28)11-31)5-6-17(32)19(15)22(33)18(13)24(35)27(16,38)25(36)20(23(21)34)26(29)37/h5-6,13-14,16,18,20-21,32,38H,3-4,7-11H2,1-2H3,(H2,29,37)/t13-,14?,16-,18?,20?,21-,27-/m0/s1. The zero-order valence-corrected chi connectivity index (χ0v) is 21.4. The van der Waals surface area contributed by atoms with Crippen LogP contribution in [0.15, 0.2) is 12.1 Å². The van der Waals surface area contributed by atoms with Crippen LogP contribution in [0.5, 0.6) is 5.75 Å². The zero-order chi connectivity index (χ0) is 27.7. The number of nitrogens with two attached hydrogens (primary N) is 1. The molecule has 4 N–H and O–H groups in total. The van der Waals surface area contributed by atoms with Crippen molar-refractivity contribution in [1.29, 1.82) is 0 Å². The van der Waals surface area contributed by atoms with Crippen LogP contribution in [0.2, 0.25) is 0 Å². The first kappa shape index (κ1) is 26.6. The number of phenols is 1. The van der Waals surface area contributed by atoms with E-state index in [0.29, 0.717) is 31.5 Å². The summed E-state index contributed by atoms with van der Waals surface area (Å²) in [5, 5.41) is 22.3. The fraction of sp³-hybridized carbons (Fsp3) is 0.593. The van der Waals surface area contributed by atoms with Crippen molar-refractivity contribution in [3.05, 3.63) is 28.8 Å². The lowest BCUT2D eigenvalue weighted by Gasteiger charge is -2.52. The molecule has 1 amide bonds. The minimum Gasteiger partial charge on any atom is -0.507 e. The number of aromatic hydroxyl groups is 1. The lowest BCUT2D eigenvalue weighted by Crippen LogP contribution is -2.74. The summed E-state index contributed by atoms with van der Waals surface area (Å²) >= 11 is 0. The molecular formula is C27H32FN3O7. The molecule has 1 heterocycles. The quantitative estimate of drug-likeness (QED) is 0.449. The van der Waals surface area contributed by atoms with Crippen LogP contribution < -0.4 is 5.73 Å². The molecule has 0 bridgehead atoms. The van der Waals surface area contributed by atoms with Crippen molar-refractivity contribution in [2.45, 2.75) is 50.0 Å². The van der Waals surface area contributed by atoms with E-state index < -0.39 is 70.5 Å². The van der Waals surface area contributed by atoms with E-state index in [1.165, 1.54) is 11.0 Å². The number of ketones is 4. The number of carbonyl (C=O) groups excluding carboxylic acids is 5.